The summed E-state index contributed by atoms with van der Waals surface area (Å²) < 4.78 is 2.23. The van der Waals surface area contributed by atoms with Gasteiger partial charge in [0.15, 0.2) is 0 Å². The second-order valence-corrected chi connectivity index (χ2v) is 4.01. The van der Waals surface area contributed by atoms with Gasteiger partial charge in [-0.1, -0.05) is 39.2 Å². The number of hydrogen-bond acceptors (Lipinski definition) is 0. The minimum Gasteiger partial charge on any atom is -0.244 e. The summed E-state index contributed by atoms with van der Waals surface area (Å²) in [5, 5.41) is 0. The molecular formula is C13H23N2+. The van der Waals surface area contributed by atoms with Crippen LogP contribution in [0.2, 0.25) is 0 Å². The van der Waals surface area contributed by atoms with Gasteiger partial charge in [-0.3, -0.25) is 0 Å². The molecular weight excluding hydrogens is 184 g/mol. The third kappa shape index (κ3) is 4.32. The van der Waals surface area contributed by atoms with Crippen molar-refractivity contribution in [2.45, 2.75) is 52.0 Å². The monoisotopic (exact) mass is 207 g/mol. The van der Waals surface area contributed by atoms with E-state index in [4.69, 9.17) is 0 Å². The first-order valence-electron chi connectivity index (χ1n) is 6.07. The van der Waals surface area contributed by atoms with Crippen molar-refractivity contribution in [2.24, 2.45) is 0 Å². The SMILES string of the molecule is C=Cc1[nH]cc[n+]1CCCCCCCC. The number of imidazole rings is 1. The lowest BCUT2D eigenvalue weighted by molar-refractivity contribution is -0.697. The average Bonchev–Trinajstić information content (AvgIpc) is 2.70. The summed E-state index contributed by atoms with van der Waals surface area (Å²) in [6.07, 6.45) is 14.0. The predicted octanol–water partition coefficient (Wildman–Crippen LogP) is 3.31. The van der Waals surface area contributed by atoms with Crippen molar-refractivity contribution < 1.29 is 4.57 Å². The molecule has 0 spiro atoms. The Balaban J connectivity index is 2.12. The lowest BCUT2D eigenvalue weighted by Crippen LogP contribution is -2.34. The van der Waals surface area contributed by atoms with Crippen LogP contribution in [0, 0.1) is 0 Å². The molecule has 2 heteroatoms. The maximum Gasteiger partial charge on any atom is 0.278 e. The quantitative estimate of drug-likeness (QED) is 0.498. The zero-order chi connectivity index (χ0) is 10.9. The van der Waals surface area contributed by atoms with E-state index in [1.807, 2.05) is 12.3 Å². The van der Waals surface area contributed by atoms with Crippen molar-refractivity contribution in [3.63, 3.8) is 0 Å². The molecule has 0 saturated heterocycles. The molecule has 1 N–H and O–H groups in total. The van der Waals surface area contributed by atoms with Crippen molar-refractivity contribution in [2.75, 3.05) is 0 Å². The molecule has 0 bridgehead atoms. The number of hydrogen-bond donors (Lipinski definition) is 1. The Morgan fingerprint density at radius 3 is 2.73 bits per heavy atom. The second-order valence-electron chi connectivity index (χ2n) is 4.01. The van der Waals surface area contributed by atoms with Crippen LogP contribution in [0.25, 0.3) is 6.08 Å². The van der Waals surface area contributed by atoms with Crippen LogP contribution in [0.1, 0.15) is 51.3 Å². The Hall–Kier alpha value is -1.05. The molecule has 2 nitrogen and oxygen atoms in total. The van der Waals surface area contributed by atoms with Gasteiger partial charge in [-0.2, -0.15) is 0 Å². The molecule has 0 saturated carbocycles. The first kappa shape index (κ1) is 12.0. The number of nitrogens with one attached hydrogen (secondary N) is 1. The average molecular weight is 207 g/mol. The Morgan fingerprint density at radius 1 is 1.27 bits per heavy atom. The molecule has 0 unspecified atom stereocenters. The second kappa shape index (κ2) is 7.27. The van der Waals surface area contributed by atoms with Crippen LogP contribution in [0.15, 0.2) is 19.0 Å². The highest BCUT2D eigenvalue weighted by Gasteiger charge is 2.04. The van der Waals surface area contributed by atoms with Crippen LogP contribution < -0.4 is 4.57 Å². The molecule has 1 aromatic rings. The Labute approximate surface area is 93.0 Å². The van der Waals surface area contributed by atoms with E-state index in [9.17, 15) is 0 Å². The highest BCUT2D eigenvalue weighted by atomic mass is 15.0. The van der Waals surface area contributed by atoms with Gasteiger partial charge in [0, 0.05) is 6.08 Å². The summed E-state index contributed by atoms with van der Waals surface area (Å²) in [7, 11) is 0. The maximum atomic E-state index is 3.78. The van der Waals surface area contributed by atoms with Crippen LogP contribution in [-0.4, -0.2) is 4.98 Å². The lowest BCUT2D eigenvalue weighted by Gasteiger charge is -1.99. The van der Waals surface area contributed by atoms with E-state index in [0.717, 1.165) is 12.4 Å². The highest BCUT2D eigenvalue weighted by molar-refractivity contribution is 5.31. The fourth-order valence-electron chi connectivity index (χ4n) is 1.81. The van der Waals surface area contributed by atoms with E-state index in [0.29, 0.717) is 0 Å². The number of unbranched alkanes of at least 4 members (excludes halogenated alkanes) is 5. The first-order valence-corrected chi connectivity index (χ1v) is 6.07. The number of rotatable bonds is 8. The van der Waals surface area contributed by atoms with Gasteiger partial charge in [0.2, 0.25) is 0 Å². The molecule has 0 aliphatic heterocycles. The molecule has 1 heterocycles. The summed E-state index contributed by atoms with van der Waals surface area (Å²) in [6, 6.07) is 0. The topological polar surface area (TPSA) is 19.7 Å². The molecule has 0 amide bonds. The minimum atomic E-state index is 1.11. The van der Waals surface area contributed by atoms with E-state index in [2.05, 4.69) is 29.3 Å². The lowest BCUT2D eigenvalue weighted by atomic mass is 10.1. The molecule has 0 aliphatic carbocycles. The van der Waals surface area contributed by atoms with Crippen molar-refractivity contribution >= 4 is 6.08 Å². The maximum absolute atomic E-state index is 3.78. The van der Waals surface area contributed by atoms with Gasteiger partial charge in [-0.05, 0) is 12.8 Å². The Kier molecular flexibility index (Phi) is 5.83. The largest absolute Gasteiger partial charge is 0.278 e. The van der Waals surface area contributed by atoms with E-state index in [1.54, 1.807) is 0 Å². The minimum absolute atomic E-state index is 1.11. The summed E-state index contributed by atoms with van der Waals surface area (Å²) in [4.78, 5) is 3.16. The fourth-order valence-corrected chi connectivity index (χ4v) is 1.81. The van der Waals surface area contributed by atoms with Gasteiger partial charge in [0.1, 0.15) is 12.4 Å². The Bertz CT molecular complexity index is 276. The van der Waals surface area contributed by atoms with E-state index < -0.39 is 0 Å². The molecule has 0 atom stereocenters. The van der Waals surface area contributed by atoms with Crippen molar-refractivity contribution in [1.82, 2.24) is 4.98 Å². The van der Waals surface area contributed by atoms with Crippen LogP contribution in [-0.2, 0) is 6.54 Å². The number of aromatic nitrogens is 2. The zero-order valence-electron chi connectivity index (χ0n) is 9.84. The normalized spacial score (nSPS) is 10.5. The molecule has 0 radical (unpaired) electrons. The third-order valence-corrected chi connectivity index (χ3v) is 2.74. The number of aromatic amines is 1. The summed E-state index contributed by atoms with van der Waals surface area (Å²) >= 11 is 0. The third-order valence-electron chi connectivity index (χ3n) is 2.74. The zero-order valence-corrected chi connectivity index (χ0v) is 9.84. The van der Waals surface area contributed by atoms with Gasteiger partial charge in [-0.25, -0.2) is 9.55 Å². The Morgan fingerprint density at radius 2 is 2.00 bits per heavy atom. The van der Waals surface area contributed by atoms with Crippen molar-refractivity contribution in [3.05, 3.63) is 24.8 Å². The van der Waals surface area contributed by atoms with Crippen LogP contribution >= 0.6 is 0 Å². The number of nitrogens with zero attached hydrogens (tertiary/aromatic N) is 1. The standard InChI is InChI=1S/C13H22N2/c1-3-5-6-7-8-9-11-15-12-10-14-13(15)4-2/h4,10,12H,2-3,5-9,11H2,1H3/p+1. The van der Waals surface area contributed by atoms with Crippen LogP contribution in [0.4, 0.5) is 0 Å². The van der Waals surface area contributed by atoms with Crippen molar-refractivity contribution in [3.8, 4) is 0 Å². The van der Waals surface area contributed by atoms with E-state index in [1.165, 1.54) is 38.5 Å². The van der Waals surface area contributed by atoms with Crippen molar-refractivity contribution in [1.29, 1.82) is 0 Å². The molecule has 1 rings (SSSR count). The summed E-state index contributed by atoms with van der Waals surface area (Å²) in [6.45, 7) is 7.14. The fraction of sp³-hybridized carbons (Fsp3) is 0.615. The van der Waals surface area contributed by atoms with Gasteiger partial charge in [0.25, 0.3) is 5.82 Å². The van der Waals surface area contributed by atoms with E-state index >= 15 is 0 Å². The summed E-state index contributed by atoms with van der Waals surface area (Å²) in [5.74, 6) is 1.11. The highest BCUT2D eigenvalue weighted by Crippen LogP contribution is 2.04. The van der Waals surface area contributed by atoms with Crippen LogP contribution in [0.3, 0.4) is 0 Å². The number of H-pyrrole nitrogens is 1. The molecule has 0 aromatic carbocycles. The predicted molar refractivity (Wildman–Crippen MR) is 64.5 cm³/mol. The molecule has 0 fully saturated rings. The molecule has 84 valence electrons. The first-order chi connectivity index (χ1) is 7.38. The number of aryl methyl sites for hydroxylation is 1. The molecule has 15 heavy (non-hydrogen) atoms. The molecule has 1 aromatic heterocycles. The van der Waals surface area contributed by atoms with E-state index in [-0.39, 0.29) is 0 Å². The van der Waals surface area contributed by atoms with Gasteiger partial charge >= 0.3 is 0 Å². The van der Waals surface area contributed by atoms with Gasteiger partial charge in [-0.15, -0.1) is 0 Å². The van der Waals surface area contributed by atoms with Gasteiger partial charge < -0.3 is 0 Å². The molecule has 0 aliphatic rings. The van der Waals surface area contributed by atoms with Crippen LogP contribution in [0.5, 0.6) is 0 Å². The smallest absolute Gasteiger partial charge is 0.244 e. The summed E-state index contributed by atoms with van der Waals surface area (Å²) in [5.41, 5.74) is 0. The van der Waals surface area contributed by atoms with Gasteiger partial charge in [0.05, 0.1) is 6.54 Å².